The van der Waals surface area contributed by atoms with Crippen molar-refractivity contribution >= 4 is 3.21 Å². The second-order valence-corrected chi connectivity index (χ2v) is 19.1. The SMILES string of the molecule is C[C](C)=[Zr+2]([C]1=CC=CC1)([C]1=CC=CC1)[CH]1c2ccccc2-c2ccccc21.[Cl-].[Cl-]. The maximum Gasteiger partial charge on any atom is -1.00 e. The fourth-order valence-electron chi connectivity index (χ4n) is 5.61. The molecule has 3 heteroatoms. The molecule has 0 radical (unpaired) electrons. The van der Waals surface area contributed by atoms with Gasteiger partial charge < -0.3 is 24.8 Å². The smallest absolute Gasteiger partial charge is 1.00 e. The van der Waals surface area contributed by atoms with E-state index >= 15 is 0 Å². The molecule has 0 heterocycles. The topological polar surface area (TPSA) is 0 Å². The van der Waals surface area contributed by atoms with E-state index in [1.54, 1.807) is 20.9 Å². The van der Waals surface area contributed by atoms with Crippen LogP contribution in [0.2, 0.25) is 0 Å². The second kappa shape index (κ2) is 8.85. The van der Waals surface area contributed by atoms with E-state index in [2.05, 4.69) is 98.8 Å². The zero-order valence-electron chi connectivity index (χ0n) is 16.8. The van der Waals surface area contributed by atoms with Crippen molar-refractivity contribution in [2.24, 2.45) is 0 Å². The Morgan fingerprint density at radius 3 is 1.55 bits per heavy atom. The van der Waals surface area contributed by atoms with Crippen LogP contribution in [0.25, 0.3) is 11.1 Å². The quantitative estimate of drug-likeness (QED) is 0.587. The predicted octanol–water partition coefficient (Wildman–Crippen LogP) is 0.818. The van der Waals surface area contributed by atoms with Crippen LogP contribution in [0.5, 0.6) is 0 Å². The molecule has 3 aliphatic carbocycles. The molecule has 0 aromatic heterocycles. The van der Waals surface area contributed by atoms with Gasteiger partial charge in [-0.15, -0.1) is 0 Å². The van der Waals surface area contributed by atoms with E-state index in [1.807, 2.05) is 0 Å². The third-order valence-corrected chi connectivity index (χ3v) is 20.9. The van der Waals surface area contributed by atoms with Gasteiger partial charge in [-0.05, 0) is 0 Å². The van der Waals surface area contributed by atoms with Crippen molar-refractivity contribution in [3.8, 4) is 11.1 Å². The van der Waals surface area contributed by atoms with Gasteiger partial charge in [0, 0.05) is 0 Å². The van der Waals surface area contributed by atoms with E-state index in [0.29, 0.717) is 3.63 Å². The van der Waals surface area contributed by atoms with Crippen LogP contribution in [-0.2, 0) is 19.8 Å². The molecule has 5 rings (SSSR count). The summed E-state index contributed by atoms with van der Waals surface area (Å²) in [6.07, 6.45) is 16.5. The third-order valence-electron chi connectivity index (χ3n) is 6.61. The van der Waals surface area contributed by atoms with Crippen molar-refractivity contribution in [3.63, 3.8) is 0 Å². The normalized spacial score (nSPS) is 15.9. The summed E-state index contributed by atoms with van der Waals surface area (Å²) < 4.78 is 5.74. The average molecular weight is 500 g/mol. The molecule has 0 saturated carbocycles. The molecule has 147 valence electrons. The summed E-state index contributed by atoms with van der Waals surface area (Å²) in [5.41, 5.74) is 6.05. The molecule has 0 fully saturated rings. The summed E-state index contributed by atoms with van der Waals surface area (Å²) >= 11 is -3.09. The maximum atomic E-state index is 2.46. The first-order chi connectivity index (χ1) is 13.2. The molecule has 0 N–H and O–H groups in total. The number of halogens is 2. The average Bonchev–Trinajstić information content (AvgIpc) is 3.45. The van der Waals surface area contributed by atoms with Gasteiger partial charge in [-0.25, -0.2) is 0 Å². The molecule has 2 aromatic rings. The molecule has 0 unspecified atom stereocenters. The second-order valence-electron chi connectivity index (χ2n) is 8.06. The van der Waals surface area contributed by atoms with E-state index in [4.69, 9.17) is 0 Å². The maximum absolute atomic E-state index is 3.09. The molecular weight excluding hydrogens is 474 g/mol. The number of allylic oxidation sites excluding steroid dienone is 8. The zero-order chi connectivity index (χ0) is 18.4. The Morgan fingerprint density at radius 2 is 1.17 bits per heavy atom. The Bertz CT molecular complexity index is 1030. The molecule has 0 bridgehead atoms. The van der Waals surface area contributed by atoms with Crippen LogP contribution in [0.3, 0.4) is 0 Å². The summed E-state index contributed by atoms with van der Waals surface area (Å²) in [6.45, 7) is 4.86. The number of fused-ring (bicyclic) bond motifs is 3. The van der Waals surface area contributed by atoms with Crippen LogP contribution in [0.1, 0.15) is 41.4 Å². The Hall–Kier alpha value is -1.27. The van der Waals surface area contributed by atoms with Crippen LogP contribution >= 0.6 is 0 Å². The minimum absolute atomic E-state index is 0. The summed E-state index contributed by atoms with van der Waals surface area (Å²) in [6, 6.07) is 18.3. The number of benzene rings is 2. The first-order valence-electron chi connectivity index (χ1n) is 9.96. The van der Waals surface area contributed by atoms with Crippen LogP contribution in [0.4, 0.5) is 0 Å². The molecule has 0 nitrogen and oxygen atoms in total. The third kappa shape index (κ3) is 3.27. The van der Waals surface area contributed by atoms with E-state index in [0.717, 1.165) is 12.8 Å². The van der Waals surface area contributed by atoms with Gasteiger partial charge >= 0.3 is 167 Å². The van der Waals surface area contributed by atoms with Crippen LogP contribution in [-0.4, -0.2) is 3.21 Å². The Balaban J connectivity index is 0.00000120. The van der Waals surface area contributed by atoms with Gasteiger partial charge in [-0.2, -0.15) is 0 Å². The van der Waals surface area contributed by atoms with Crippen molar-refractivity contribution in [1.29, 1.82) is 0 Å². The van der Waals surface area contributed by atoms with Crippen molar-refractivity contribution in [1.82, 2.24) is 0 Å². The molecular formula is C26H25Cl2Zr. The Kier molecular flexibility index (Phi) is 6.84. The van der Waals surface area contributed by atoms with Gasteiger partial charge in [0.05, 0.1) is 0 Å². The zero-order valence-corrected chi connectivity index (χ0v) is 20.8. The van der Waals surface area contributed by atoms with Gasteiger partial charge in [0.2, 0.25) is 0 Å². The molecule has 0 atom stereocenters. The van der Waals surface area contributed by atoms with Crippen molar-refractivity contribution < 1.29 is 44.6 Å². The number of hydrogen-bond donors (Lipinski definition) is 0. The van der Waals surface area contributed by atoms with Gasteiger partial charge in [0.15, 0.2) is 0 Å². The van der Waals surface area contributed by atoms with Gasteiger partial charge in [-0.1, -0.05) is 0 Å². The van der Waals surface area contributed by atoms with Crippen LogP contribution in [0, 0.1) is 0 Å². The molecule has 0 spiro atoms. The van der Waals surface area contributed by atoms with Crippen molar-refractivity contribution in [2.75, 3.05) is 0 Å². The minimum atomic E-state index is -3.09. The predicted molar refractivity (Wildman–Crippen MR) is 114 cm³/mol. The van der Waals surface area contributed by atoms with Crippen molar-refractivity contribution in [3.05, 3.63) is 103 Å². The monoisotopic (exact) mass is 497 g/mol. The standard InChI is InChI=1S/C13H9.2C5H5.C3H6.2ClH.Zr/c1-3-7-12-10(5-1)9-11-6-2-4-8-13(11)12;2*1-2-4-5-3-1;1-3-2;;;/h1-9H;2*1-3H,4H2;1-2H3;2*1H;/q;;;;;;+2/p-2. The molecule has 0 saturated heterocycles. The van der Waals surface area contributed by atoms with Crippen LogP contribution < -0.4 is 24.8 Å². The van der Waals surface area contributed by atoms with E-state index in [9.17, 15) is 0 Å². The number of rotatable bonds is 3. The summed E-state index contributed by atoms with van der Waals surface area (Å²) in [5, 5.41) is 0. The van der Waals surface area contributed by atoms with E-state index in [-0.39, 0.29) is 24.8 Å². The van der Waals surface area contributed by atoms with Gasteiger partial charge in [0.1, 0.15) is 0 Å². The van der Waals surface area contributed by atoms with Crippen molar-refractivity contribution in [2.45, 2.75) is 30.3 Å². The molecule has 2 aromatic carbocycles. The first kappa shape index (κ1) is 22.4. The fourth-order valence-corrected chi connectivity index (χ4v) is 20.5. The molecule has 0 aliphatic heterocycles. The summed E-state index contributed by atoms with van der Waals surface area (Å²) in [4.78, 5) is 0. The van der Waals surface area contributed by atoms with Gasteiger partial charge in [0.25, 0.3) is 0 Å². The summed E-state index contributed by atoms with van der Waals surface area (Å²) in [5.74, 6) is 0. The van der Waals surface area contributed by atoms with Gasteiger partial charge in [-0.3, -0.25) is 0 Å². The minimum Gasteiger partial charge on any atom is -1.00 e. The van der Waals surface area contributed by atoms with E-state index in [1.165, 1.54) is 11.1 Å². The van der Waals surface area contributed by atoms with E-state index < -0.39 is 19.8 Å². The Morgan fingerprint density at radius 1 is 0.724 bits per heavy atom. The molecule has 0 amide bonds. The Labute approximate surface area is 190 Å². The largest absolute Gasteiger partial charge is 1.00 e. The molecule has 29 heavy (non-hydrogen) atoms. The summed E-state index contributed by atoms with van der Waals surface area (Å²) in [7, 11) is 0. The first-order valence-corrected chi connectivity index (χ1v) is 15.1. The molecule has 3 aliphatic rings. The number of hydrogen-bond acceptors (Lipinski definition) is 0. The van der Waals surface area contributed by atoms with Crippen LogP contribution in [0.15, 0.2) is 91.5 Å². The fraction of sp³-hybridized carbons (Fsp3) is 0.192.